The Balaban J connectivity index is 2.04. The van der Waals surface area contributed by atoms with Crippen LogP contribution in [0.3, 0.4) is 0 Å². The zero-order valence-corrected chi connectivity index (χ0v) is 13.7. The molecule has 1 fully saturated rings. The van der Waals surface area contributed by atoms with Gasteiger partial charge in [0.15, 0.2) is 0 Å². The average Bonchev–Trinajstić information content (AvgIpc) is 2.45. The monoisotopic (exact) mass is 309 g/mol. The Morgan fingerprint density at radius 1 is 1.38 bits per heavy atom. The molecule has 1 aliphatic carbocycles. The SMILES string of the molecule is CCNc1cc(C(=O)NC2CCC(C)C(C)C2)c(Cl)cn1. The highest BCUT2D eigenvalue weighted by Crippen LogP contribution is 2.29. The van der Waals surface area contributed by atoms with Crippen molar-refractivity contribution in [1.82, 2.24) is 10.3 Å². The van der Waals surface area contributed by atoms with Gasteiger partial charge in [-0.15, -0.1) is 0 Å². The molecule has 1 aromatic heterocycles. The summed E-state index contributed by atoms with van der Waals surface area (Å²) in [4.78, 5) is 16.6. The molecule has 1 aliphatic rings. The summed E-state index contributed by atoms with van der Waals surface area (Å²) in [7, 11) is 0. The van der Waals surface area contributed by atoms with Gasteiger partial charge in [-0.3, -0.25) is 4.79 Å². The number of pyridine rings is 1. The van der Waals surface area contributed by atoms with E-state index in [1.54, 1.807) is 6.07 Å². The quantitative estimate of drug-likeness (QED) is 0.891. The molecule has 0 spiro atoms. The molecule has 2 rings (SSSR count). The minimum atomic E-state index is -0.103. The first-order chi connectivity index (χ1) is 10.0. The first kappa shape index (κ1) is 16.1. The standard InChI is InChI=1S/C16H24ClN3O/c1-4-18-15-8-13(14(17)9-19-15)16(21)20-12-6-5-10(2)11(3)7-12/h8-12H,4-7H2,1-3H3,(H,18,19)(H,20,21). The van der Waals surface area contributed by atoms with Crippen molar-refractivity contribution in [3.05, 3.63) is 22.8 Å². The van der Waals surface area contributed by atoms with Crippen LogP contribution in [0.15, 0.2) is 12.3 Å². The van der Waals surface area contributed by atoms with Gasteiger partial charge in [-0.05, 0) is 44.1 Å². The maximum atomic E-state index is 12.4. The second-order valence-corrected chi connectivity index (χ2v) is 6.42. The van der Waals surface area contributed by atoms with Crippen LogP contribution in [0.2, 0.25) is 5.02 Å². The highest BCUT2D eigenvalue weighted by Gasteiger charge is 2.26. The fourth-order valence-electron chi connectivity index (χ4n) is 2.83. The van der Waals surface area contributed by atoms with Crippen LogP contribution < -0.4 is 10.6 Å². The predicted octanol–water partition coefficient (Wildman–Crippen LogP) is 3.72. The van der Waals surface area contributed by atoms with E-state index in [0.29, 0.717) is 22.3 Å². The minimum Gasteiger partial charge on any atom is -0.370 e. The third kappa shape index (κ3) is 4.10. The van der Waals surface area contributed by atoms with Gasteiger partial charge < -0.3 is 10.6 Å². The molecule has 0 bridgehead atoms. The van der Waals surface area contributed by atoms with Crippen LogP contribution >= 0.6 is 11.6 Å². The Labute approximate surface area is 131 Å². The second kappa shape index (κ2) is 7.12. The lowest BCUT2D eigenvalue weighted by molar-refractivity contribution is 0.0910. The van der Waals surface area contributed by atoms with E-state index in [1.807, 2.05) is 6.92 Å². The molecule has 21 heavy (non-hydrogen) atoms. The first-order valence-electron chi connectivity index (χ1n) is 7.71. The zero-order chi connectivity index (χ0) is 15.4. The van der Waals surface area contributed by atoms with Crippen LogP contribution in [0, 0.1) is 11.8 Å². The smallest absolute Gasteiger partial charge is 0.253 e. The summed E-state index contributed by atoms with van der Waals surface area (Å²) in [6.07, 6.45) is 4.77. The van der Waals surface area contributed by atoms with Gasteiger partial charge in [0.25, 0.3) is 5.91 Å². The third-order valence-electron chi connectivity index (χ3n) is 4.39. The highest BCUT2D eigenvalue weighted by molar-refractivity contribution is 6.33. The molecule has 116 valence electrons. The molecule has 4 nitrogen and oxygen atoms in total. The molecule has 1 aromatic rings. The van der Waals surface area contributed by atoms with Crippen molar-refractivity contribution in [3.8, 4) is 0 Å². The average molecular weight is 310 g/mol. The number of nitrogens with zero attached hydrogens (tertiary/aromatic N) is 1. The normalized spacial score (nSPS) is 25.4. The Bertz CT molecular complexity index is 506. The van der Waals surface area contributed by atoms with E-state index in [0.717, 1.165) is 25.3 Å². The van der Waals surface area contributed by atoms with Crippen LogP contribution in [-0.4, -0.2) is 23.5 Å². The zero-order valence-electron chi connectivity index (χ0n) is 12.9. The number of anilines is 1. The van der Waals surface area contributed by atoms with E-state index in [9.17, 15) is 4.79 Å². The number of carbonyl (C=O) groups is 1. The van der Waals surface area contributed by atoms with Gasteiger partial charge in [-0.1, -0.05) is 25.4 Å². The number of hydrogen-bond donors (Lipinski definition) is 2. The topological polar surface area (TPSA) is 54.0 Å². The van der Waals surface area contributed by atoms with E-state index in [1.165, 1.54) is 12.6 Å². The molecule has 3 atom stereocenters. The summed E-state index contributed by atoms with van der Waals surface area (Å²) in [6.45, 7) is 7.28. The van der Waals surface area contributed by atoms with E-state index in [2.05, 4.69) is 29.5 Å². The fourth-order valence-corrected chi connectivity index (χ4v) is 3.02. The number of aromatic nitrogens is 1. The fraction of sp³-hybridized carbons (Fsp3) is 0.625. The summed E-state index contributed by atoms with van der Waals surface area (Å²) in [5, 5.41) is 6.61. The largest absolute Gasteiger partial charge is 0.370 e. The number of amides is 1. The van der Waals surface area contributed by atoms with Crippen molar-refractivity contribution in [1.29, 1.82) is 0 Å². The lowest BCUT2D eigenvalue weighted by Gasteiger charge is -2.32. The van der Waals surface area contributed by atoms with Gasteiger partial charge in [-0.2, -0.15) is 0 Å². The van der Waals surface area contributed by atoms with Gasteiger partial charge in [0, 0.05) is 18.8 Å². The van der Waals surface area contributed by atoms with Crippen molar-refractivity contribution < 1.29 is 4.79 Å². The maximum Gasteiger partial charge on any atom is 0.253 e. The number of halogens is 1. The van der Waals surface area contributed by atoms with Crippen molar-refractivity contribution >= 4 is 23.3 Å². The summed E-state index contributed by atoms with van der Waals surface area (Å²) >= 11 is 6.11. The van der Waals surface area contributed by atoms with Crippen LogP contribution in [0.1, 0.15) is 50.4 Å². The summed E-state index contributed by atoms with van der Waals surface area (Å²) < 4.78 is 0. The van der Waals surface area contributed by atoms with Gasteiger partial charge in [0.2, 0.25) is 0 Å². The van der Waals surface area contributed by atoms with E-state index < -0.39 is 0 Å². The van der Waals surface area contributed by atoms with Gasteiger partial charge in [0.1, 0.15) is 5.82 Å². The molecular weight excluding hydrogens is 286 g/mol. The van der Waals surface area contributed by atoms with E-state index in [-0.39, 0.29) is 11.9 Å². The molecule has 0 radical (unpaired) electrons. The molecule has 5 heteroatoms. The number of hydrogen-bond acceptors (Lipinski definition) is 3. The van der Waals surface area contributed by atoms with Gasteiger partial charge in [-0.25, -0.2) is 4.98 Å². The minimum absolute atomic E-state index is 0.103. The lowest BCUT2D eigenvalue weighted by atomic mass is 9.79. The first-order valence-corrected chi connectivity index (χ1v) is 8.09. The van der Waals surface area contributed by atoms with Gasteiger partial charge in [0.05, 0.1) is 10.6 Å². The molecule has 1 heterocycles. The summed E-state index contributed by atoms with van der Waals surface area (Å²) in [5.74, 6) is 1.96. The maximum absolute atomic E-state index is 12.4. The van der Waals surface area contributed by atoms with E-state index in [4.69, 9.17) is 11.6 Å². The highest BCUT2D eigenvalue weighted by atomic mass is 35.5. The third-order valence-corrected chi connectivity index (χ3v) is 4.69. The van der Waals surface area contributed by atoms with Crippen LogP contribution in [0.4, 0.5) is 5.82 Å². The molecular formula is C16H24ClN3O. The van der Waals surface area contributed by atoms with Crippen LogP contribution in [0.5, 0.6) is 0 Å². The van der Waals surface area contributed by atoms with Crippen molar-refractivity contribution in [2.75, 3.05) is 11.9 Å². The molecule has 0 saturated heterocycles. The Morgan fingerprint density at radius 3 is 2.81 bits per heavy atom. The predicted molar refractivity (Wildman–Crippen MR) is 86.8 cm³/mol. The van der Waals surface area contributed by atoms with Crippen LogP contribution in [0.25, 0.3) is 0 Å². The molecule has 1 saturated carbocycles. The Kier molecular flexibility index (Phi) is 5.45. The summed E-state index contributed by atoms with van der Waals surface area (Å²) in [5.41, 5.74) is 0.494. The van der Waals surface area contributed by atoms with E-state index >= 15 is 0 Å². The number of carbonyl (C=O) groups excluding carboxylic acids is 1. The molecule has 2 N–H and O–H groups in total. The molecule has 0 aliphatic heterocycles. The van der Waals surface area contributed by atoms with Crippen molar-refractivity contribution in [2.24, 2.45) is 11.8 Å². The number of nitrogens with one attached hydrogen (secondary N) is 2. The molecule has 3 unspecified atom stereocenters. The number of rotatable bonds is 4. The lowest BCUT2D eigenvalue weighted by Crippen LogP contribution is -2.40. The Morgan fingerprint density at radius 2 is 2.14 bits per heavy atom. The van der Waals surface area contributed by atoms with Gasteiger partial charge >= 0.3 is 0 Å². The van der Waals surface area contributed by atoms with Crippen molar-refractivity contribution in [2.45, 2.75) is 46.1 Å². The second-order valence-electron chi connectivity index (χ2n) is 6.02. The molecule has 0 aromatic carbocycles. The molecule has 1 amide bonds. The summed E-state index contributed by atoms with van der Waals surface area (Å²) in [6, 6.07) is 1.96. The van der Waals surface area contributed by atoms with Crippen molar-refractivity contribution in [3.63, 3.8) is 0 Å². The Hall–Kier alpha value is -1.29. The van der Waals surface area contributed by atoms with Crippen LogP contribution in [-0.2, 0) is 0 Å².